The van der Waals surface area contributed by atoms with E-state index < -0.39 is 10.0 Å². The van der Waals surface area contributed by atoms with E-state index in [1.807, 2.05) is 54.9 Å². The lowest BCUT2D eigenvalue weighted by Gasteiger charge is -2.31. The minimum Gasteiger partial charge on any atom is -0.354 e. The van der Waals surface area contributed by atoms with Crippen molar-refractivity contribution >= 4 is 32.7 Å². The van der Waals surface area contributed by atoms with Crippen LogP contribution in [0.2, 0.25) is 0 Å². The fraction of sp³-hybridized carbons (Fsp3) is 0.467. The van der Waals surface area contributed by atoms with Crippen molar-refractivity contribution in [2.45, 2.75) is 69.5 Å². The number of nitrogens with zero attached hydrogens (tertiary/aromatic N) is 5. The number of aryl methyl sites for hydroxylation is 1. The zero-order valence-corrected chi connectivity index (χ0v) is 25.1. The number of rotatable bonds is 13. The van der Waals surface area contributed by atoms with Gasteiger partial charge in [-0.1, -0.05) is 36.4 Å². The summed E-state index contributed by atoms with van der Waals surface area (Å²) in [6.45, 7) is 6.05. The van der Waals surface area contributed by atoms with Gasteiger partial charge in [0.15, 0.2) is 5.82 Å². The van der Waals surface area contributed by atoms with Crippen LogP contribution in [0.4, 0.5) is 11.9 Å². The Kier molecular flexibility index (Phi) is 9.65. The molecule has 12 heteroatoms. The summed E-state index contributed by atoms with van der Waals surface area (Å²) in [4.78, 5) is 18.3. The van der Waals surface area contributed by atoms with Gasteiger partial charge >= 0.3 is 0 Å². The van der Waals surface area contributed by atoms with Crippen LogP contribution in [0.25, 0.3) is 10.8 Å². The van der Waals surface area contributed by atoms with Crippen LogP contribution < -0.4 is 21.1 Å². The van der Waals surface area contributed by atoms with Crippen molar-refractivity contribution in [2.75, 3.05) is 23.7 Å². The molecule has 1 saturated carbocycles. The summed E-state index contributed by atoms with van der Waals surface area (Å²) in [6.07, 6.45) is 9.96. The number of fused-ring (bicyclic) bond motifs is 1. The van der Waals surface area contributed by atoms with Crippen molar-refractivity contribution in [3.8, 4) is 0 Å². The molecule has 0 spiro atoms. The van der Waals surface area contributed by atoms with Gasteiger partial charge in [-0.25, -0.2) is 18.1 Å². The standard InChI is InChI=1S/C30H41N9O2S/c1-21(2)35-30-37-28(36-29(38-30)33-15-6-17-39-18-16-32-20-39)27(31)24-13-11-22(12-14-24)19-34-42(40,41)26-10-5-8-23-7-3-4-9-25(23)26/h3-5,7-10,16,18,20-22,24,27,34H,6,11-15,17,19,31H2,1-2H3,(H2,33,35,36,37,38). The van der Waals surface area contributed by atoms with Gasteiger partial charge < -0.3 is 20.9 Å². The van der Waals surface area contributed by atoms with Crippen LogP contribution in [0, 0.1) is 11.8 Å². The summed E-state index contributed by atoms with van der Waals surface area (Å²) < 4.78 is 31.2. The van der Waals surface area contributed by atoms with Crippen molar-refractivity contribution in [1.82, 2.24) is 29.2 Å². The first-order valence-corrected chi connectivity index (χ1v) is 16.2. The van der Waals surface area contributed by atoms with Gasteiger partial charge in [-0.3, -0.25) is 0 Å². The van der Waals surface area contributed by atoms with Gasteiger partial charge in [0.05, 0.1) is 17.3 Å². The van der Waals surface area contributed by atoms with Gasteiger partial charge in [-0.05, 0) is 69.2 Å². The number of nitrogens with two attached hydrogens (primary N) is 1. The van der Waals surface area contributed by atoms with Crippen molar-refractivity contribution in [1.29, 1.82) is 0 Å². The Balaban J connectivity index is 1.17. The predicted octanol–water partition coefficient (Wildman–Crippen LogP) is 4.33. The van der Waals surface area contributed by atoms with Crippen molar-refractivity contribution < 1.29 is 8.42 Å². The van der Waals surface area contributed by atoms with E-state index >= 15 is 0 Å². The summed E-state index contributed by atoms with van der Waals surface area (Å²) in [5.41, 5.74) is 6.74. The van der Waals surface area contributed by atoms with E-state index in [4.69, 9.17) is 5.73 Å². The van der Waals surface area contributed by atoms with E-state index in [0.717, 1.165) is 49.4 Å². The molecule has 1 aliphatic carbocycles. The normalized spacial score (nSPS) is 18.3. The topological polar surface area (TPSA) is 153 Å². The second-order valence-electron chi connectivity index (χ2n) is 11.4. The Morgan fingerprint density at radius 1 is 1.00 bits per heavy atom. The molecule has 2 aromatic heterocycles. The second-order valence-corrected chi connectivity index (χ2v) is 13.1. The molecule has 0 bridgehead atoms. The van der Waals surface area contributed by atoms with Gasteiger partial charge in [0.25, 0.3) is 0 Å². The van der Waals surface area contributed by atoms with Crippen LogP contribution in [0.3, 0.4) is 0 Å². The van der Waals surface area contributed by atoms with Gasteiger partial charge in [0.1, 0.15) is 0 Å². The molecule has 2 aromatic carbocycles. The molecule has 11 nitrogen and oxygen atoms in total. The zero-order valence-electron chi connectivity index (χ0n) is 24.3. The molecular formula is C30H41N9O2S. The number of sulfonamides is 1. The number of benzene rings is 2. The summed E-state index contributed by atoms with van der Waals surface area (Å²) in [5, 5.41) is 8.25. The highest BCUT2D eigenvalue weighted by Gasteiger charge is 2.30. The maximum Gasteiger partial charge on any atom is 0.241 e. The molecule has 1 atom stereocenters. The molecule has 4 aromatic rings. The smallest absolute Gasteiger partial charge is 0.241 e. The lowest BCUT2D eigenvalue weighted by molar-refractivity contribution is 0.240. The summed E-state index contributed by atoms with van der Waals surface area (Å²) in [6, 6.07) is 12.8. The van der Waals surface area contributed by atoms with Crippen LogP contribution in [-0.4, -0.2) is 52.1 Å². The number of anilines is 2. The number of nitrogens with one attached hydrogen (secondary N) is 3. The highest BCUT2D eigenvalue weighted by molar-refractivity contribution is 7.89. The summed E-state index contributed by atoms with van der Waals surface area (Å²) in [5.74, 6) is 2.06. The van der Waals surface area contributed by atoms with Gasteiger partial charge in [-0.2, -0.15) is 15.0 Å². The third-order valence-corrected chi connectivity index (χ3v) is 9.29. The van der Waals surface area contributed by atoms with Gasteiger partial charge in [0.2, 0.25) is 21.9 Å². The largest absolute Gasteiger partial charge is 0.354 e. The van der Waals surface area contributed by atoms with Crippen LogP contribution >= 0.6 is 0 Å². The zero-order chi connectivity index (χ0) is 29.5. The van der Waals surface area contributed by atoms with E-state index in [0.29, 0.717) is 35.7 Å². The molecule has 42 heavy (non-hydrogen) atoms. The first kappa shape index (κ1) is 29.9. The van der Waals surface area contributed by atoms with Crippen LogP contribution in [-0.2, 0) is 16.6 Å². The monoisotopic (exact) mass is 591 g/mol. The van der Waals surface area contributed by atoms with E-state index in [1.165, 1.54) is 0 Å². The number of hydrogen-bond donors (Lipinski definition) is 4. The van der Waals surface area contributed by atoms with Crippen LogP contribution in [0.15, 0.2) is 66.1 Å². The van der Waals surface area contributed by atoms with Crippen LogP contribution in [0.1, 0.15) is 57.8 Å². The Hall–Kier alpha value is -3.61. The third-order valence-electron chi connectivity index (χ3n) is 7.80. The molecule has 224 valence electrons. The molecule has 1 aliphatic rings. The Bertz CT molecular complexity index is 1550. The highest BCUT2D eigenvalue weighted by Crippen LogP contribution is 2.35. The molecule has 0 aliphatic heterocycles. The number of imidazole rings is 1. The first-order chi connectivity index (χ1) is 20.3. The van der Waals surface area contributed by atoms with E-state index in [2.05, 4.69) is 35.3 Å². The maximum atomic E-state index is 13.2. The maximum absolute atomic E-state index is 13.2. The fourth-order valence-electron chi connectivity index (χ4n) is 5.52. The lowest BCUT2D eigenvalue weighted by atomic mass is 9.78. The molecule has 1 fully saturated rings. The minimum absolute atomic E-state index is 0.165. The van der Waals surface area contributed by atoms with E-state index in [9.17, 15) is 8.42 Å². The lowest BCUT2D eigenvalue weighted by Crippen LogP contribution is -2.34. The SMILES string of the molecule is CC(C)Nc1nc(NCCCn2ccnc2)nc(C(N)C2CCC(CNS(=O)(=O)c3cccc4ccccc34)CC2)n1. The average Bonchev–Trinajstić information content (AvgIpc) is 3.51. The number of aromatic nitrogens is 5. The predicted molar refractivity (Wildman–Crippen MR) is 165 cm³/mol. The van der Waals surface area contributed by atoms with Crippen molar-refractivity contribution in [3.05, 3.63) is 67.0 Å². The van der Waals surface area contributed by atoms with E-state index in [1.54, 1.807) is 24.7 Å². The molecule has 5 rings (SSSR count). The van der Waals surface area contributed by atoms with Crippen molar-refractivity contribution in [2.24, 2.45) is 17.6 Å². The van der Waals surface area contributed by atoms with Gasteiger partial charge in [0, 0.05) is 43.5 Å². The molecule has 0 saturated heterocycles. The molecule has 0 amide bonds. The quantitative estimate of drug-likeness (QED) is 0.166. The molecule has 5 N–H and O–H groups in total. The molecular weight excluding hydrogens is 550 g/mol. The minimum atomic E-state index is -3.62. The van der Waals surface area contributed by atoms with E-state index in [-0.39, 0.29) is 23.9 Å². The molecule has 2 heterocycles. The molecule has 1 unspecified atom stereocenters. The average molecular weight is 592 g/mol. The first-order valence-electron chi connectivity index (χ1n) is 14.7. The summed E-state index contributed by atoms with van der Waals surface area (Å²) in [7, 11) is -3.62. The fourth-order valence-corrected chi connectivity index (χ4v) is 6.87. The molecule has 0 radical (unpaired) electrons. The Morgan fingerprint density at radius 3 is 2.52 bits per heavy atom. The summed E-state index contributed by atoms with van der Waals surface area (Å²) >= 11 is 0. The Labute approximate surface area is 247 Å². The van der Waals surface area contributed by atoms with Crippen LogP contribution in [0.5, 0.6) is 0 Å². The van der Waals surface area contributed by atoms with Crippen molar-refractivity contribution in [3.63, 3.8) is 0 Å². The number of hydrogen-bond acceptors (Lipinski definition) is 9. The Morgan fingerprint density at radius 2 is 1.76 bits per heavy atom. The third kappa shape index (κ3) is 7.61. The highest BCUT2D eigenvalue weighted by atomic mass is 32.2. The van der Waals surface area contributed by atoms with Gasteiger partial charge in [-0.15, -0.1) is 0 Å². The second kappa shape index (κ2) is 13.6.